The van der Waals surface area contributed by atoms with E-state index in [-0.39, 0.29) is 10.6 Å². The zero-order valence-corrected chi connectivity index (χ0v) is 11.8. The molecular weight excluding hydrogens is 323 g/mol. The fourth-order valence-corrected chi connectivity index (χ4v) is 2.89. The van der Waals surface area contributed by atoms with Crippen molar-refractivity contribution in [1.29, 1.82) is 0 Å². The van der Waals surface area contributed by atoms with Gasteiger partial charge in [0.2, 0.25) is 0 Å². The highest BCUT2D eigenvalue weighted by molar-refractivity contribution is 7.92. The van der Waals surface area contributed by atoms with Gasteiger partial charge in [-0.2, -0.15) is 0 Å². The van der Waals surface area contributed by atoms with Crippen LogP contribution in [0.15, 0.2) is 41.4 Å². The third-order valence-electron chi connectivity index (χ3n) is 2.47. The first kappa shape index (κ1) is 15.2. The Hall–Kier alpha value is -2.19. The molecule has 0 aliphatic rings. The molecule has 21 heavy (non-hydrogen) atoms. The van der Waals surface area contributed by atoms with Crippen molar-refractivity contribution in [3.8, 4) is 0 Å². The van der Waals surface area contributed by atoms with Crippen LogP contribution in [0.3, 0.4) is 0 Å². The van der Waals surface area contributed by atoms with Crippen LogP contribution in [0, 0.1) is 5.82 Å². The van der Waals surface area contributed by atoms with Gasteiger partial charge in [0.05, 0.1) is 5.02 Å². The Balaban J connectivity index is 2.48. The van der Waals surface area contributed by atoms with Crippen molar-refractivity contribution in [2.24, 2.45) is 0 Å². The fraction of sp³-hybridized carbons (Fsp3) is 0. The predicted molar refractivity (Wildman–Crippen MR) is 73.4 cm³/mol. The van der Waals surface area contributed by atoms with E-state index < -0.39 is 32.5 Å². The molecule has 2 aromatic rings. The lowest BCUT2D eigenvalue weighted by Crippen LogP contribution is -2.18. The summed E-state index contributed by atoms with van der Waals surface area (Å²) in [5, 5.41) is 8.60. The molecule has 0 atom stereocenters. The third-order valence-corrected chi connectivity index (χ3v) is 4.12. The second-order valence-electron chi connectivity index (χ2n) is 3.86. The van der Waals surface area contributed by atoms with Crippen LogP contribution in [0.25, 0.3) is 0 Å². The van der Waals surface area contributed by atoms with E-state index in [0.717, 1.165) is 6.07 Å². The van der Waals surface area contributed by atoms with E-state index in [9.17, 15) is 17.6 Å². The first-order valence-electron chi connectivity index (χ1n) is 5.48. The molecule has 2 rings (SSSR count). The van der Waals surface area contributed by atoms with E-state index in [2.05, 4.69) is 4.98 Å². The number of benzene rings is 1. The molecule has 1 heterocycles. The van der Waals surface area contributed by atoms with Gasteiger partial charge in [-0.05, 0) is 24.3 Å². The summed E-state index contributed by atoms with van der Waals surface area (Å²) in [6, 6.07) is 5.96. The molecule has 1 aromatic carbocycles. The van der Waals surface area contributed by atoms with E-state index in [0.29, 0.717) is 0 Å². The maximum Gasteiger partial charge on any atom is 0.339 e. The van der Waals surface area contributed by atoms with Crippen LogP contribution in [-0.4, -0.2) is 24.5 Å². The van der Waals surface area contributed by atoms with Crippen LogP contribution in [0.4, 0.5) is 10.2 Å². The summed E-state index contributed by atoms with van der Waals surface area (Å²) >= 11 is 5.53. The molecular formula is C12H8ClFN2O4S. The third kappa shape index (κ3) is 3.11. The Labute approximate surface area is 124 Å². The average Bonchev–Trinajstić information content (AvgIpc) is 2.41. The molecule has 0 amide bonds. The number of hydrogen-bond acceptors (Lipinski definition) is 4. The molecule has 1 aromatic heterocycles. The number of halogens is 2. The lowest BCUT2D eigenvalue weighted by atomic mass is 10.3. The monoisotopic (exact) mass is 330 g/mol. The molecule has 110 valence electrons. The van der Waals surface area contributed by atoms with Gasteiger partial charge in [0.25, 0.3) is 10.0 Å². The number of anilines is 1. The van der Waals surface area contributed by atoms with Crippen LogP contribution in [0.1, 0.15) is 10.4 Å². The van der Waals surface area contributed by atoms with Crippen molar-refractivity contribution in [3.63, 3.8) is 0 Å². The number of rotatable bonds is 4. The van der Waals surface area contributed by atoms with Gasteiger partial charge in [0.15, 0.2) is 11.6 Å². The minimum absolute atomic E-state index is 0.358. The zero-order chi connectivity index (χ0) is 15.6. The van der Waals surface area contributed by atoms with Gasteiger partial charge < -0.3 is 5.11 Å². The first-order chi connectivity index (χ1) is 9.83. The van der Waals surface area contributed by atoms with Crippen molar-refractivity contribution < 1.29 is 22.7 Å². The van der Waals surface area contributed by atoms with Gasteiger partial charge in [-0.3, -0.25) is 4.72 Å². The fourth-order valence-electron chi connectivity index (χ4n) is 1.53. The van der Waals surface area contributed by atoms with E-state index in [1.165, 1.54) is 30.5 Å². The number of carbonyl (C=O) groups is 1. The van der Waals surface area contributed by atoms with Crippen molar-refractivity contribution in [2.75, 3.05) is 4.72 Å². The highest BCUT2D eigenvalue weighted by atomic mass is 35.5. The topological polar surface area (TPSA) is 96.4 Å². The number of sulfonamides is 1. The number of hydrogen-bond donors (Lipinski definition) is 2. The molecule has 0 unspecified atom stereocenters. The molecule has 6 nitrogen and oxygen atoms in total. The van der Waals surface area contributed by atoms with Crippen molar-refractivity contribution >= 4 is 33.4 Å². The quantitative estimate of drug-likeness (QED) is 0.897. The van der Waals surface area contributed by atoms with E-state index in [1.54, 1.807) is 0 Å². The van der Waals surface area contributed by atoms with Gasteiger partial charge in [-0.25, -0.2) is 22.6 Å². The Morgan fingerprint density at radius 2 is 2.00 bits per heavy atom. The second-order valence-corrected chi connectivity index (χ2v) is 5.92. The summed E-state index contributed by atoms with van der Waals surface area (Å²) in [4.78, 5) is 13.9. The number of aromatic nitrogens is 1. The van der Waals surface area contributed by atoms with Crippen molar-refractivity contribution in [3.05, 3.63) is 52.9 Å². The molecule has 0 aliphatic carbocycles. The highest BCUT2D eigenvalue weighted by Gasteiger charge is 2.23. The van der Waals surface area contributed by atoms with Gasteiger partial charge in [0, 0.05) is 6.20 Å². The van der Waals surface area contributed by atoms with Crippen LogP contribution < -0.4 is 4.72 Å². The summed E-state index contributed by atoms with van der Waals surface area (Å²) in [5.41, 5.74) is -0.358. The van der Waals surface area contributed by atoms with Crippen LogP contribution in [0.5, 0.6) is 0 Å². The zero-order valence-electron chi connectivity index (χ0n) is 10.2. The standard InChI is InChI=1S/C12H8ClFN2O4S/c13-8-4-1-5-9(10(8)14)21(19,20)16-11-7(12(17)18)3-2-6-15-11/h1-6H,(H,15,16)(H,17,18). The van der Waals surface area contributed by atoms with E-state index in [1.807, 2.05) is 4.72 Å². The maximum atomic E-state index is 13.8. The SMILES string of the molecule is O=C(O)c1cccnc1NS(=O)(=O)c1cccc(Cl)c1F. The summed E-state index contributed by atoms with van der Waals surface area (Å²) in [7, 11) is -4.36. The predicted octanol–water partition coefficient (Wildman–Crippen LogP) is 2.37. The van der Waals surface area contributed by atoms with Gasteiger partial charge in [-0.1, -0.05) is 17.7 Å². The molecule has 0 radical (unpaired) electrons. The van der Waals surface area contributed by atoms with Gasteiger partial charge in [0.1, 0.15) is 10.5 Å². The lowest BCUT2D eigenvalue weighted by Gasteiger charge is -2.10. The number of carboxylic acid groups (broad SMARTS) is 1. The minimum Gasteiger partial charge on any atom is -0.478 e. The van der Waals surface area contributed by atoms with Crippen molar-refractivity contribution in [2.45, 2.75) is 4.90 Å². The van der Waals surface area contributed by atoms with Crippen LogP contribution >= 0.6 is 11.6 Å². The molecule has 0 saturated heterocycles. The molecule has 2 N–H and O–H groups in total. The minimum atomic E-state index is -4.36. The number of nitrogens with one attached hydrogen (secondary N) is 1. The highest BCUT2D eigenvalue weighted by Crippen LogP contribution is 2.24. The second kappa shape index (κ2) is 5.66. The Morgan fingerprint density at radius 1 is 1.29 bits per heavy atom. The molecule has 0 fully saturated rings. The summed E-state index contributed by atoms with van der Waals surface area (Å²) < 4.78 is 39.9. The molecule has 0 aliphatic heterocycles. The smallest absolute Gasteiger partial charge is 0.339 e. The number of carboxylic acids is 1. The summed E-state index contributed by atoms with van der Waals surface area (Å²) in [6.45, 7) is 0. The summed E-state index contributed by atoms with van der Waals surface area (Å²) in [6.07, 6.45) is 1.21. The van der Waals surface area contributed by atoms with E-state index in [4.69, 9.17) is 16.7 Å². The van der Waals surface area contributed by atoms with Crippen LogP contribution in [0.2, 0.25) is 5.02 Å². The number of nitrogens with zero attached hydrogens (tertiary/aromatic N) is 1. The van der Waals surface area contributed by atoms with Crippen LogP contribution in [-0.2, 0) is 10.0 Å². The molecule has 0 spiro atoms. The molecule has 0 saturated carbocycles. The normalized spacial score (nSPS) is 11.1. The van der Waals surface area contributed by atoms with Gasteiger partial charge in [-0.15, -0.1) is 0 Å². The lowest BCUT2D eigenvalue weighted by molar-refractivity contribution is 0.0697. The Kier molecular flexibility index (Phi) is 4.10. The maximum absolute atomic E-state index is 13.8. The van der Waals surface area contributed by atoms with E-state index >= 15 is 0 Å². The molecule has 0 bridgehead atoms. The largest absolute Gasteiger partial charge is 0.478 e. The number of pyridine rings is 1. The Bertz CT molecular complexity index is 811. The summed E-state index contributed by atoms with van der Waals surface area (Å²) in [5.74, 6) is -2.91. The first-order valence-corrected chi connectivity index (χ1v) is 7.34. The number of aromatic carboxylic acids is 1. The van der Waals surface area contributed by atoms with Gasteiger partial charge >= 0.3 is 5.97 Å². The Morgan fingerprint density at radius 3 is 2.67 bits per heavy atom. The van der Waals surface area contributed by atoms with Crippen molar-refractivity contribution in [1.82, 2.24) is 4.98 Å². The molecule has 9 heteroatoms. The average molecular weight is 331 g/mol.